The predicted molar refractivity (Wildman–Crippen MR) is 81.8 cm³/mol. The van der Waals surface area contributed by atoms with Crippen molar-refractivity contribution in [3.8, 4) is 0 Å². The maximum absolute atomic E-state index is 12.7. The second-order valence-corrected chi connectivity index (χ2v) is 6.04. The van der Waals surface area contributed by atoms with Gasteiger partial charge in [-0.05, 0) is 35.5 Å². The van der Waals surface area contributed by atoms with Gasteiger partial charge in [-0.25, -0.2) is 0 Å². The van der Waals surface area contributed by atoms with Crippen LogP contribution in [0.4, 0.5) is 13.2 Å². The van der Waals surface area contributed by atoms with Crippen molar-refractivity contribution >= 4 is 28.9 Å². The van der Waals surface area contributed by atoms with E-state index in [-0.39, 0.29) is 0 Å². The normalized spacial score (nSPS) is 21.0. The van der Waals surface area contributed by atoms with E-state index in [2.05, 4.69) is 4.99 Å². The van der Waals surface area contributed by atoms with Crippen LogP contribution in [0.25, 0.3) is 6.08 Å². The Hall–Kier alpha value is -1.80. The molecule has 0 N–H and O–H groups in total. The van der Waals surface area contributed by atoms with Gasteiger partial charge in [0.25, 0.3) is 5.91 Å². The molecule has 0 spiro atoms. The molecule has 0 aromatic heterocycles. The average molecular weight is 342 g/mol. The van der Waals surface area contributed by atoms with Gasteiger partial charge < -0.3 is 9.64 Å². The Kier molecular flexibility index (Phi) is 4.45. The number of amidine groups is 1. The van der Waals surface area contributed by atoms with Crippen LogP contribution in [0.3, 0.4) is 0 Å². The Morgan fingerprint density at radius 3 is 2.70 bits per heavy atom. The lowest BCUT2D eigenvalue weighted by atomic mass is 10.1. The summed E-state index contributed by atoms with van der Waals surface area (Å²) in [7, 11) is 0. The van der Waals surface area contributed by atoms with E-state index in [1.165, 1.54) is 30.0 Å². The number of ether oxygens (including phenoxy) is 1. The van der Waals surface area contributed by atoms with Gasteiger partial charge >= 0.3 is 6.18 Å². The van der Waals surface area contributed by atoms with E-state index in [0.717, 1.165) is 12.1 Å². The number of hydrogen-bond donors (Lipinski definition) is 0. The Balaban J connectivity index is 1.78. The molecule has 0 saturated carbocycles. The first-order valence-corrected chi connectivity index (χ1v) is 7.78. The summed E-state index contributed by atoms with van der Waals surface area (Å²) in [5, 5.41) is 0.580. The molecule has 1 saturated heterocycles. The highest BCUT2D eigenvalue weighted by atomic mass is 32.2. The van der Waals surface area contributed by atoms with Gasteiger partial charge in [0.1, 0.15) is 0 Å². The number of alkyl halides is 3. The van der Waals surface area contributed by atoms with Crippen LogP contribution in [0, 0.1) is 0 Å². The fraction of sp³-hybridized carbons (Fsp3) is 0.333. The summed E-state index contributed by atoms with van der Waals surface area (Å²) in [4.78, 5) is 18.2. The zero-order valence-electron chi connectivity index (χ0n) is 12.0. The van der Waals surface area contributed by atoms with Gasteiger partial charge in [0.2, 0.25) is 0 Å². The van der Waals surface area contributed by atoms with E-state index < -0.39 is 17.6 Å². The molecule has 1 aromatic rings. The van der Waals surface area contributed by atoms with Crippen molar-refractivity contribution in [3.05, 3.63) is 40.3 Å². The zero-order chi connectivity index (χ0) is 16.4. The average Bonchev–Trinajstić information content (AvgIpc) is 2.89. The number of carbonyl (C=O) groups is 1. The second kappa shape index (κ2) is 6.37. The van der Waals surface area contributed by atoms with E-state index in [1.807, 2.05) is 4.90 Å². The molecule has 2 aliphatic heterocycles. The largest absolute Gasteiger partial charge is 0.416 e. The molecule has 0 bridgehead atoms. The lowest BCUT2D eigenvalue weighted by Crippen LogP contribution is -2.38. The number of rotatable bonds is 1. The molecule has 0 atom stereocenters. The van der Waals surface area contributed by atoms with Crippen LogP contribution < -0.4 is 0 Å². The molecule has 0 aliphatic carbocycles. The summed E-state index contributed by atoms with van der Waals surface area (Å²) in [5.74, 6) is -0.422. The summed E-state index contributed by atoms with van der Waals surface area (Å²) in [6, 6.07) is 4.88. The van der Waals surface area contributed by atoms with Gasteiger partial charge in [-0.2, -0.15) is 18.2 Å². The van der Waals surface area contributed by atoms with Gasteiger partial charge in [-0.1, -0.05) is 12.1 Å². The van der Waals surface area contributed by atoms with E-state index in [0.29, 0.717) is 41.9 Å². The van der Waals surface area contributed by atoms with Gasteiger partial charge in [0.15, 0.2) is 5.17 Å². The van der Waals surface area contributed by atoms with Crippen molar-refractivity contribution < 1.29 is 22.7 Å². The molecule has 8 heteroatoms. The van der Waals surface area contributed by atoms with Crippen LogP contribution in [-0.4, -0.2) is 42.3 Å². The number of amides is 1. The SMILES string of the molecule is O=C1N=C(N2CCOCC2)S/C1=C/c1cccc(C(F)(F)F)c1. The molecule has 2 aliphatic rings. The number of carbonyl (C=O) groups excluding carboxylic acids is 1. The zero-order valence-corrected chi connectivity index (χ0v) is 12.8. The highest BCUT2D eigenvalue weighted by Crippen LogP contribution is 2.33. The van der Waals surface area contributed by atoms with Gasteiger partial charge in [0.05, 0.1) is 23.7 Å². The molecule has 1 aromatic carbocycles. The van der Waals surface area contributed by atoms with Gasteiger partial charge in [-0.15, -0.1) is 0 Å². The van der Waals surface area contributed by atoms with Crippen molar-refractivity contribution in [2.45, 2.75) is 6.18 Å². The molecule has 0 unspecified atom stereocenters. The minimum Gasteiger partial charge on any atom is -0.378 e. The molecule has 0 radical (unpaired) electrons. The minimum absolute atomic E-state index is 0.325. The van der Waals surface area contributed by atoms with Crippen LogP contribution in [0.1, 0.15) is 11.1 Å². The first kappa shape index (κ1) is 16.1. The summed E-state index contributed by atoms with van der Waals surface area (Å²) in [6.45, 7) is 2.44. The van der Waals surface area contributed by atoms with Crippen molar-refractivity contribution in [1.82, 2.24) is 4.90 Å². The summed E-state index contributed by atoms with van der Waals surface area (Å²) in [6.07, 6.45) is -2.96. The second-order valence-electron chi connectivity index (χ2n) is 5.03. The molecule has 4 nitrogen and oxygen atoms in total. The lowest BCUT2D eigenvalue weighted by Gasteiger charge is -2.27. The molecule has 122 valence electrons. The molecule has 1 amide bonds. The van der Waals surface area contributed by atoms with Crippen LogP contribution >= 0.6 is 11.8 Å². The monoisotopic (exact) mass is 342 g/mol. The number of aliphatic imine (C=N–C) groups is 1. The first-order valence-electron chi connectivity index (χ1n) is 6.96. The Morgan fingerprint density at radius 1 is 1.26 bits per heavy atom. The third kappa shape index (κ3) is 3.76. The fourth-order valence-corrected chi connectivity index (χ4v) is 3.21. The lowest BCUT2D eigenvalue weighted by molar-refractivity contribution is -0.137. The van der Waals surface area contributed by atoms with Crippen LogP contribution in [0.5, 0.6) is 0 Å². The number of thioether (sulfide) groups is 1. The number of hydrogen-bond acceptors (Lipinski definition) is 4. The minimum atomic E-state index is -4.41. The highest BCUT2D eigenvalue weighted by Gasteiger charge is 2.31. The van der Waals surface area contributed by atoms with E-state index >= 15 is 0 Å². The van der Waals surface area contributed by atoms with E-state index in [1.54, 1.807) is 0 Å². The molecular formula is C15H13F3N2O2S. The molecule has 1 fully saturated rings. The smallest absolute Gasteiger partial charge is 0.378 e. The van der Waals surface area contributed by atoms with E-state index in [4.69, 9.17) is 4.74 Å². The van der Waals surface area contributed by atoms with Crippen LogP contribution in [0.2, 0.25) is 0 Å². The number of nitrogens with zero attached hydrogens (tertiary/aromatic N) is 2. The molecule has 3 rings (SSSR count). The third-order valence-electron chi connectivity index (χ3n) is 3.40. The Bertz CT molecular complexity index is 680. The van der Waals surface area contributed by atoms with Gasteiger partial charge in [-0.3, -0.25) is 4.79 Å². The summed E-state index contributed by atoms with van der Waals surface area (Å²) in [5.41, 5.74) is -0.411. The van der Waals surface area contributed by atoms with E-state index in [9.17, 15) is 18.0 Å². The van der Waals surface area contributed by atoms with Crippen molar-refractivity contribution in [3.63, 3.8) is 0 Å². The van der Waals surface area contributed by atoms with Crippen molar-refractivity contribution in [2.24, 2.45) is 4.99 Å². The number of morpholine rings is 1. The summed E-state index contributed by atoms with van der Waals surface area (Å²) >= 11 is 1.18. The summed E-state index contributed by atoms with van der Waals surface area (Å²) < 4.78 is 43.4. The topological polar surface area (TPSA) is 41.9 Å². The maximum atomic E-state index is 12.7. The quantitative estimate of drug-likeness (QED) is 0.736. The fourth-order valence-electron chi connectivity index (χ4n) is 2.24. The maximum Gasteiger partial charge on any atom is 0.416 e. The Labute approximate surface area is 135 Å². The van der Waals surface area contributed by atoms with Crippen LogP contribution in [-0.2, 0) is 15.7 Å². The Morgan fingerprint density at radius 2 is 2.00 bits per heavy atom. The standard InChI is InChI=1S/C15H13F3N2O2S/c16-15(17,18)11-3-1-2-10(8-11)9-12-13(21)19-14(23-12)20-4-6-22-7-5-20/h1-3,8-9H,4-7H2/b12-9+. The molecule has 2 heterocycles. The first-order chi connectivity index (χ1) is 10.9. The molecule has 23 heavy (non-hydrogen) atoms. The van der Waals surface area contributed by atoms with Crippen molar-refractivity contribution in [2.75, 3.05) is 26.3 Å². The number of halogens is 3. The van der Waals surface area contributed by atoms with Crippen LogP contribution in [0.15, 0.2) is 34.2 Å². The van der Waals surface area contributed by atoms with Crippen molar-refractivity contribution in [1.29, 1.82) is 0 Å². The predicted octanol–water partition coefficient (Wildman–Crippen LogP) is 3.01. The molecular weight excluding hydrogens is 329 g/mol. The van der Waals surface area contributed by atoms with Gasteiger partial charge in [0, 0.05) is 13.1 Å². The number of benzene rings is 1. The highest BCUT2D eigenvalue weighted by molar-refractivity contribution is 8.18. The third-order valence-corrected chi connectivity index (χ3v) is 4.45.